The highest BCUT2D eigenvalue weighted by Gasteiger charge is 2.18. The lowest BCUT2D eigenvalue weighted by Gasteiger charge is -2.10. The number of anilines is 1. The molecule has 0 fully saturated rings. The fourth-order valence-corrected chi connectivity index (χ4v) is 3.15. The van der Waals surface area contributed by atoms with Gasteiger partial charge in [0, 0.05) is 5.56 Å². The smallest absolute Gasteiger partial charge is 0.251 e. The van der Waals surface area contributed by atoms with E-state index in [-0.39, 0.29) is 28.7 Å². The molecule has 0 saturated heterocycles. The maximum absolute atomic E-state index is 12.2. The van der Waals surface area contributed by atoms with Gasteiger partial charge in [0.25, 0.3) is 5.91 Å². The molecule has 1 aliphatic heterocycles. The minimum Gasteiger partial charge on any atom is -0.506 e. The Balaban J connectivity index is 1.63. The molecular weight excluding hydrogens is 390 g/mol. The molecule has 0 aliphatic carbocycles. The number of hydrogen-bond acceptors (Lipinski definition) is 7. The first-order valence-corrected chi connectivity index (χ1v) is 9.53. The van der Waals surface area contributed by atoms with Crippen LogP contribution < -0.4 is 24.8 Å². The Morgan fingerprint density at radius 1 is 1.11 bits per heavy atom. The summed E-state index contributed by atoms with van der Waals surface area (Å²) in [5, 5.41) is 14.6. The zero-order valence-electron chi connectivity index (χ0n) is 14.7. The van der Waals surface area contributed by atoms with Gasteiger partial charge >= 0.3 is 0 Å². The molecule has 1 heterocycles. The quantitative estimate of drug-likeness (QED) is 0.508. The number of carbonyl (C=O) groups is 2. The van der Waals surface area contributed by atoms with E-state index in [2.05, 4.69) is 15.4 Å². The Morgan fingerprint density at radius 2 is 1.86 bits per heavy atom. The van der Waals surface area contributed by atoms with E-state index >= 15 is 0 Å². The highest BCUT2D eigenvalue weighted by Crippen LogP contribution is 2.32. The van der Waals surface area contributed by atoms with E-state index in [0.717, 1.165) is 12.1 Å². The number of phenols is 1. The van der Waals surface area contributed by atoms with Crippen LogP contribution in [0.2, 0.25) is 0 Å². The Kier molecular flexibility index (Phi) is 5.38. The molecule has 148 valence electrons. The van der Waals surface area contributed by atoms with E-state index in [1.54, 1.807) is 6.07 Å². The second kappa shape index (κ2) is 7.74. The van der Waals surface area contributed by atoms with E-state index in [1.807, 2.05) is 0 Å². The van der Waals surface area contributed by atoms with Crippen molar-refractivity contribution in [2.24, 2.45) is 0 Å². The van der Waals surface area contributed by atoms with Crippen LogP contribution >= 0.6 is 0 Å². The van der Waals surface area contributed by atoms with Gasteiger partial charge in [-0.05, 0) is 43.4 Å². The highest BCUT2D eigenvalue weighted by atomic mass is 32.2. The third-order valence-corrected chi connectivity index (χ3v) is 5.28. The topological polar surface area (TPSA) is 143 Å². The number of aromatic hydroxyl groups is 1. The number of fused-ring (bicyclic) bond motifs is 1. The van der Waals surface area contributed by atoms with Crippen molar-refractivity contribution in [3.8, 4) is 17.2 Å². The molecule has 0 saturated carbocycles. The average molecular weight is 407 g/mol. The molecule has 0 spiro atoms. The first-order valence-electron chi connectivity index (χ1n) is 8.04. The third kappa shape index (κ3) is 4.15. The molecule has 11 heteroatoms. The summed E-state index contributed by atoms with van der Waals surface area (Å²) in [5.41, 5.74) is 0.181. The molecule has 0 aromatic heterocycles. The van der Waals surface area contributed by atoms with Gasteiger partial charge in [-0.1, -0.05) is 0 Å². The van der Waals surface area contributed by atoms with Crippen LogP contribution in [0.15, 0.2) is 41.3 Å². The monoisotopic (exact) mass is 407 g/mol. The van der Waals surface area contributed by atoms with Gasteiger partial charge in [0.05, 0.1) is 17.1 Å². The molecule has 28 heavy (non-hydrogen) atoms. The van der Waals surface area contributed by atoms with Crippen LogP contribution in [0.25, 0.3) is 0 Å². The van der Waals surface area contributed by atoms with Crippen molar-refractivity contribution >= 4 is 27.5 Å². The number of ether oxygens (including phenoxy) is 2. The van der Waals surface area contributed by atoms with Gasteiger partial charge in [-0.3, -0.25) is 9.59 Å². The maximum atomic E-state index is 12.2. The summed E-state index contributed by atoms with van der Waals surface area (Å²) >= 11 is 0. The van der Waals surface area contributed by atoms with Crippen molar-refractivity contribution < 1.29 is 32.6 Å². The first kappa shape index (κ1) is 19.5. The van der Waals surface area contributed by atoms with Gasteiger partial charge in [-0.2, -0.15) is 0 Å². The molecule has 2 aromatic carbocycles. The molecule has 4 N–H and O–H groups in total. The normalized spacial score (nSPS) is 12.5. The van der Waals surface area contributed by atoms with Crippen LogP contribution in [0.3, 0.4) is 0 Å². The van der Waals surface area contributed by atoms with E-state index in [0.29, 0.717) is 11.5 Å². The fraction of sp³-hybridized carbons (Fsp3) is 0.176. The van der Waals surface area contributed by atoms with Gasteiger partial charge in [-0.25, -0.2) is 13.1 Å². The summed E-state index contributed by atoms with van der Waals surface area (Å²) in [5.74, 6) is -0.510. The molecular formula is C17H17N3O7S. The number of benzene rings is 2. The van der Waals surface area contributed by atoms with Crippen LogP contribution in [-0.4, -0.2) is 45.7 Å². The third-order valence-electron chi connectivity index (χ3n) is 3.87. The second-order valence-corrected chi connectivity index (χ2v) is 7.57. The number of sulfonamides is 1. The van der Waals surface area contributed by atoms with Crippen molar-refractivity contribution in [1.29, 1.82) is 0 Å². The van der Waals surface area contributed by atoms with E-state index in [4.69, 9.17) is 9.47 Å². The molecule has 10 nitrogen and oxygen atoms in total. The van der Waals surface area contributed by atoms with Crippen molar-refractivity contribution in [3.05, 3.63) is 42.0 Å². The van der Waals surface area contributed by atoms with E-state index in [9.17, 15) is 23.1 Å². The number of carbonyl (C=O) groups excluding carboxylic acids is 2. The summed E-state index contributed by atoms with van der Waals surface area (Å²) in [4.78, 5) is 24.1. The van der Waals surface area contributed by atoms with Crippen LogP contribution in [0.5, 0.6) is 17.2 Å². The van der Waals surface area contributed by atoms with Crippen molar-refractivity contribution in [3.63, 3.8) is 0 Å². The number of amides is 2. The van der Waals surface area contributed by atoms with Gasteiger partial charge in [0.2, 0.25) is 22.7 Å². The Hall–Kier alpha value is -3.31. The maximum Gasteiger partial charge on any atom is 0.251 e. The van der Waals surface area contributed by atoms with E-state index < -0.39 is 28.4 Å². The predicted molar refractivity (Wildman–Crippen MR) is 97.9 cm³/mol. The summed E-state index contributed by atoms with van der Waals surface area (Å²) in [6.45, 7) is -0.315. The standard InChI is InChI=1S/C17H17N3O7S/c1-18-28(24,25)11-3-4-13(21)12(7-11)20-16(22)8-19-17(23)10-2-5-14-15(6-10)27-9-26-14/h2-7,18,21H,8-9H2,1H3,(H,19,23)(H,20,22). The minimum atomic E-state index is -3.74. The Labute approximate surface area is 160 Å². The zero-order chi connectivity index (χ0) is 20.3. The average Bonchev–Trinajstić information content (AvgIpc) is 3.15. The van der Waals surface area contributed by atoms with Crippen LogP contribution in [0, 0.1) is 0 Å². The second-order valence-electron chi connectivity index (χ2n) is 5.69. The molecule has 1 aliphatic rings. The molecule has 0 atom stereocenters. The molecule has 0 bridgehead atoms. The van der Waals surface area contributed by atoms with Crippen molar-refractivity contribution in [2.75, 3.05) is 25.7 Å². The summed E-state index contributed by atoms with van der Waals surface area (Å²) in [6.07, 6.45) is 0. The lowest BCUT2D eigenvalue weighted by atomic mass is 10.2. The molecule has 0 radical (unpaired) electrons. The van der Waals surface area contributed by atoms with Crippen LogP contribution in [-0.2, 0) is 14.8 Å². The molecule has 3 rings (SSSR count). The number of rotatable bonds is 6. The van der Waals surface area contributed by atoms with Crippen LogP contribution in [0.4, 0.5) is 5.69 Å². The predicted octanol–water partition coefficient (Wildman–Crippen LogP) is 0.397. The first-order chi connectivity index (χ1) is 13.3. The zero-order valence-corrected chi connectivity index (χ0v) is 15.5. The van der Waals surface area contributed by atoms with Gasteiger partial charge in [0.15, 0.2) is 11.5 Å². The van der Waals surface area contributed by atoms with Crippen molar-refractivity contribution in [2.45, 2.75) is 4.90 Å². The lowest BCUT2D eigenvalue weighted by Crippen LogP contribution is -2.32. The van der Waals surface area contributed by atoms with Gasteiger partial charge < -0.3 is 25.2 Å². The fourth-order valence-electron chi connectivity index (χ4n) is 2.40. The van der Waals surface area contributed by atoms with Gasteiger partial charge in [-0.15, -0.1) is 0 Å². The molecule has 2 aromatic rings. The molecule has 0 unspecified atom stereocenters. The van der Waals surface area contributed by atoms with Crippen molar-refractivity contribution in [1.82, 2.24) is 10.0 Å². The number of nitrogens with one attached hydrogen (secondary N) is 3. The molecule has 2 amide bonds. The number of hydrogen-bond donors (Lipinski definition) is 4. The highest BCUT2D eigenvalue weighted by molar-refractivity contribution is 7.89. The Morgan fingerprint density at radius 3 is 2.61 bits per heavy atom. The lowest BCUT2D eigenvalue weighted by molar-refractivity contribution is -0.115. The number of phenolic OH excluding ortho intramolecular Hbond substituents is 1. The van der Waals surface area contributed by atoms with E-state index in [1.165, 1.54) is 25.2 Å². The summed E-state index contributed by atoms with van der Waals surface area (Å²) < 4.78 is 36.1. The SMILES string of the molecule is CNS(=O)(=O)c1ccc(O)c(NC(=O)CNC(=O)c2ccc3c(c2)OCO3)c1. The van der Waals surface area contributed by atoms with Crippen LogP contribution in [0.1, 0.15) is 10.4 Å². The summed E-state index contributed by atoms with van der Waals surface area (Å²) in [6, 6.07) is 8.05. The minimum absolute atomic E-state index is 0.0780. The summed E-state index contributed by atoms with van der Waals surface area (Å²) in [7, 11) is -2.50. The Bertz CT molecular complexity index is 1040. The largest absolute Gasteiger partial charge is 0.506 e. The van der Waals surface area contributed by atoms with Gasteiger partial charge in [0.1, 0.15) is 5.75 Å².